The molecule has 2 aliphatic heterocycles. The molecule has 3 rings (SSSR count). The van der Waals surface area contributed by atoms with Gasteiger partial charge in [-0.15, -0.1) is 0 Å². The van der Waals surface area contributed by atoms with E-state index in [0.29, 0.717) is 24.8 Å². The fraction of sp³-hybridized carbons (Fsp3) is 0.667. The Balaban J connectivity index is 1.58. The third kappa shape index (κ3) is 4.75. The number of carbonyl (C=O) groups excluding carboxylic acids is 1. The predicted molar refractivity (Wildman–Crippen MR) is 104 cm³/mol. The maximum Gasteiger partial charge on any atom is 0.222 e. The van der Waals surface area contributed by atoms with E-state index in [-0.39, 0.29) is 5.91 Å². The molecule has 2 saturated heterocycles. The number of piperidine rings is 1. The van der Waals surface area contributed by atoms with E-state index >= 15 is 0 Å². The van der Waals surface area contributed by atoms with Crippen molar-refractivity contribution >= 4 is 11.6 Å². The first-order valence-electron chi connectivity index (χ1n) is 9.92. The molecule has 0 bridgehead atoms. The lowest BCUT2D eigenvalue weighted by molar-refractivity contribution is -0.131. The first kappa shape index (κ1) is 18.2. The van der Waals surface area contributed by atoms with Crippen LogP contribution in [-0.2, 0) is 11.3 Å². The van der Waals surface area contributed by atoms with Crippen LogP contribution < -0.4 is 10.2 Å². The zero-order valence-corrected chi connectivity index (χ0v) is 15.8. The fourth-order valence-electron chi connectivity index (χ4n) is 4.22. The lowest BCUT2D eigenvalue weighted by Crippen LogP contribution is -2.36. The van der Waals surface area contributed by atoms with Gasteiger partial charge >= 0.3 is 0 Å². The molecule has 2 fully saturated rings. The van der Waals surface area contributed by atoms with Crippen molar-refractivity contribution in [2.45, 2.75) is 45.6 Å². The van der Waals surface area contributed by atoms with Crippen LogP contribution >= 0.6 is 0 Å². The van der Waals surface area contributed by atoms with E-state index in [9.17, 15) is 4.79 Å². The van der Waals surface area contributed by atoms with Crippen molar-refractivity contribution in [2.24, 2.45) is 11.8 Å². The minimum atomic E-state index is 0.272. The van der Waals surface area contributed by atoms with Crippen LogP contribution in [0.15, 0.2) is 24.3 Å². The van der Waals surface area contributed by atoms with Crippen LogP contribution in [-0.4, -0.2) is 44.0 Å². The van der Waals surface area contributed by atoms with E-state index in [0.717, 1.165) is 26.2 Å². The van der Waals surface area contributed by atoms with Crippen molar-refractivity contribution in [3.05, 3.63) is 29.8 Å². The number of hydrogen-bond acceptors (Lipinski definition) is 3. The van der Waals surface area contributed by atoms with Gasteiger partial charge in [0.05, 0.1) is 0 Å². The standard InChI is InChI=1S/C21H33N3O/c1-17(18-9-7-11-22-15-18)14-21(25)23(2)16-19-8-3-4-10-20(19)24-12-5-6-13-24/h3-4,8,10,17-18,22H,5-7,9,11-16H2,1-2H3. The van der Waals surface area contributed by atoms with Crippen LogP contribution in [0.3, 0.4) is 0 Å². The molecule has 0 aliphatic carbocycles. The summed E-state index contributed by atoms with van der Waals surface area (Å²) in [5, 5.41) is 3.47. The molecule has 138 valence electrons. The van der Waals surface area contributed by atoms with Crippen molar-refractivity contribution in [1.29, 1.82) is 0 Å². The van der Waals surface area contributed by atoms with Crippen molar-refractivity contribution in [1.82, 2.24) is 10.2 Å². The Morgan fingerprint density at radius 3 is 2.76 bits per heavy atom. The molecule has 4 heteroatoms. The highest BCUT2D eigenvalue weighted by Gasteiger charge is 2.24. The number of nitrogens with zero attached hydrogens (tertiary/aromatic N) is 2. The molecule has 25 heavy (non-hydrogen) atoms. The number of hydrogen-bond donors (Lipinski definition) is 1. The molecule has 1 aromatic carbocycles. The van der Waals surface area contributed by atoms with E-state index < -0.39 is 0 Å². The van der Waals surface area contributed by atoms with Crippen molar-refractivity contribution in [3.8, 4) is 0 Å². The van der Waals surface area contributed by atoms with E-state index in [2.05, 4.69) is 41.4 Å². The Hall–Kier alpha value is -1.55. The first-order valence-corrected chi connectivity index (χ1v) is 9.92. The van der Waals surface area contributed by atoms with Crippen LogP contribution in [0, 0.1) is 11.8 Å². The molecule has 2 atom stereocenters. The fourth-order valence-corrected chi connectivity index (χ4v) is 4.22. The van der Waals surface area contributed by atoms with Crippen molar-refractivity contribution < 1.29 is 4.79 Å². The maximum atomic E-state index is 12.7. The summed E-state index contributed by atoms with van der Waals surface area (Å²) in [5.74, 6) is 1.37. The zero-order valence-electron chi connectivity index (χ0n) is 15.8. The number of anilines is 1. The monoisotopic (exact) mass is 343 g/mol. The molecule has 0 aromatic heterocycles. The molecule has 1 N–H and O–H groups in total. The van der Waals surface area contributed by atoms with Gasteiger partial charge in [-0.2, -0.15) is 0 Å². The molecule has 2 aliphatic rings. The number of amides is 1. The van der Waals surface area contributed by atoms with E-state index in [1.54, 1.807) is 0 Å². The Morgan fingerprint density at radius 1 is 1.28 bits per heavy atom. The quantitative estimate of drug-likeness (QED) is 0.861. The molecule has 1 aromatic rings. The smallest absolute Gasteiger partial charge is 0.222 e. The number of carbonyl (C=O) groups is 1. The highest BCUT2D eigenvalue weighted by Crippen LogP contribution is 2.27. The first-order chi connectivity index (χ1) is 12.1. The molecule has 4 nitrogen and oxygen atoms in total. The molecular weight excluding hydrogens is 310 g/mol. The topological polar surface area (TPSA) is 35.6 Å². The van der Waals surface area contributed by atoms with Crippen LogP contribution in [0.5, 0.6) is 0 Å². The third-order valence-electron chi connectivity index (χ3n) is 5.91. The Kier molecular flexibility index (Phi) is 6.35. The van der Waals surface area contributed by atoms with Gasteiger partial charge in [0, 0.05) is 38.8 Å². The van der Waals surface area contributed by atoms with Crippen molar-refractivity contribution in [3.63, 3.8) is 0 Å². The number of benzene rings is 1. The van der Waals surface area contributed by atoms with Gasteiger partial charge in [-0.1, -0.05) is 25.1 Å². The average Bonchev–Trinajstić information content (AvgIpc) is 3.17. The molecule has 2 heterocycles. The van der Waals surface area contributed by atoms with Gasteiger partial charge in [0.2, 0.25) is 5.91 Å². The van der Waals surface area contributed by atoms with Gasteiger partial charge in [-0.25, -0.2) is 0 Å². The van der Waals surface area contributed by atoms with Gasteiger partial charge in [0.25, 0.3) is 0 Å². The Labute approximate surface area is 152 Å². The lowest BCUT2D eigenvalue weighted by atomic mass is 9.85. The summed E-state index contributed by atoms with van der Waals surface area (Å²) in [6, 6.07) is 8.57. The molecule has 0 radical (unpaired) electrons. The third-order valence-corrected chi connectivity index (χ3v) is 5.91. The summed E-state index contributed by atoms with van der Waals surface area (Å²) in [5.41, 5.74) is 2.58. The summed E-state index contributed by atoms with van der Waals surface area (Å²) >= 11 is 0. The molecular formula is C21H33N3O. The van der Waals surface area contributed by atoms with Gasteiger partial charge in [0.1, 0.15) is 0 Å². The van der Waals surface area contributed by atoms with Gasteiger partial charge in [0.15, 0.2) is 0 Å². The minimum absolute atomic E-state index is 0.272. The van der Waals surface area contributed by atoms with Crippen LogP contribution in [0.2, 0.25) is 0 Å². The summed E-state index contributed by atoms with van der Waals surface area (Å²) < 4.78 is 0. The Bertz CT molecular complexity index is 562. The minimum Gasteiger partial charge on any atom is -0.371 e. The highest BCUT2D eigenvalue weighted by atomic mass is 16.2. The van der Waals surface area contributed by atoms with Crippen LogP contribution in [0.25, 0.3) is 0 Å². The normalized spacial score (nSPS) is 22.0. The largest absolute Gasteiger partial charge is 0.371 e. The summed E-state index contributed by atoms with van der Waals surface area (Å²) in [7, 11) is 1.95. The van der Waals surface area contributed by atoms with E-state index in [1.165, 1.54) is 36.9 Å². The molecule has 2 unspecified atom stereocenters. The second-order valence-electron chi connectivity index (χ2n) is 7.86. The zero-order chi connectivity index (χ0) is 17.6. The Morgan fingerprint density at radius 2 is 2.04 bits per heavy atom. The van der Waals surface area contributed by atoms with Crippen LogP contribution in [0.1, 0.15) is 44.6 Å². The number of para-hydroxylation sites is 1. The predicted octanol–water partition coefficient (Wildman–Crippen LogP) is 3.27. The second-order valence-corrected chi connectivity index (χ2v) is 7.86. The second kappa shape index (κ2) is 8.70. The van der Waals surface area contributed by atoms with Gasteiger partial charge in [-0.3, -0.25) is 4.79 Å². The molecule has 0 saturated carbocycles. The SMILES string of the molecule is CC(CC(=O)N(C)Cc1ccccc1N1CCCC1)C1CCCNC1. The number of nitrogens with one attached hydrogen (secondary N) is 1. The summed E-state index contributed by atoms with van der Waals surface area (Å²) in [6.45, 7) is 7.42. The number of rotatable bonds is 6. The molecule has 0 spiro atoms. The summed E-state index contributed by atoms with van der Waals surface area (Å²) in [6.07, 6.45) is 5.70. The van der Waals surface area contributed by atoms with Gasteiger partial charge < -0.3 is 15.1 Å². The van der Waals surface area contributed by atoms with Gasteiger partial charge in [-0.05, 0) is 62.2 Å². The average molecular weight is 344 g/mol. The van der Waals surface area contributed by atoms with E-state index in [1.807, 2.05) is 11.9 Å². The highest BCUT2D eigenvalue weighted by molar-refractivity contribution is 5.76. The van der Waals surface area contributed by atoms with Crippen LogP contribution in [0.4, 0.5) is 5.69 Å². The van der Waals surface area contributed by atoms with Crippen molar-refractivity contribution in [2.75, 3.05) is 38.1 Å². The van der Waals surface area contributed by atoms with E-state index in [4.69, 9.17) is 0 Å². The maximum absolute atomic E-state index is 12.7. The lowest BCUT2D eigenvalue weighted by Gasteiger charge is -2.29. The summed E-state index contributed by atoms with van der Waals surface area (Å²) in [4.78, 5) is 17.1. The molecule has 1 amide bonds.